The first-order chi connectivity index (χ1) is 9.55. The second kappa shape index (κ2) is 6.47. The number of rotatable bonds is 5. The smallest absolute Gasteiger partial charge is 0.345 e. The molecule has 0 aliphatic rings. The van der Waals surface area contributed by atoms with Crippen molar-refractivity contribution in [2.75, 3.05) is 20.1 Å². The molecular formula is C15H21F3N2O. The van der Waals surface area contributed by atoms with Gasteiger partial charge in [0.2, 0.25) is 5.91 Å². The fourth-order valence-electron chi connectivity index (χ4n) is 1.96. The number of carbonyl (C=O) groups is 1. The Morgan fingerprint density at radius 3 is 2.43 bits per heavy atom. The molecule has 0 saturated heterocycles. The molecule has 1 rings (SSSR count). The standard InChI is InChI=1S/C15H21F3N2O/c1-14(2,9-19)10-20(3)13(21)8-11-5-4-6-12(7-11)15(16,17)18/h4-7H,8-10,19H2,1-3H3. The molecule has 3 nitrogen and oxygen atoms in total. The van der Waals surface area contributed by atoms with E-state index in [9.17, 15) is 18.0 Å². The normalized spacial score (nSPS) is 12.3. The Kier molecular flexibility index (Phi) is 5.39. The Balaban J connectivity index is 2.75. The molecule has 118 valence electrons. The van der Waals surface area contributed by atoms with Gasteiger partial charge in [0.15, 0.2) is 0 Å². The average Bonchev–Trinajstić information content (AvgIpc) is 2.37. The minimum absolute atomic E-state index is 0.0545. The maximum absolute atomic E-state index is 12.6. The summed E-state index contributed by atoms with van der Waals surface area (Å²) in [6.45, 7) is 4.75. The first-order valence-corrected chi connectivity index (χ1v) is 6.65. The van der Waals surface area contributed by atoms with E-state index in [1.54, 1.807) is 7.05 Å². The predicted octanol–water partition coefficient (Wildman–Crippen LogP) is 2.69. The lowest BCUT2D eigenvalue weighted by molar-refractivity contribution is -0.138. The second-order valence-corrected chi connectivity index (χ2v) is 5.99. The van der Waals surface area contributed by atoms with Crippen molar-refractivity contribution in [2.24, 2.45) is 11.1 Å². The zero-order valence-corrected chi connectivity index (χ0v) is 12.5. The summed E-state index contributed by atoms with van der Waals surface area (Å²) < 4.78 is 37.9. The number of likely N-dealkylation sites (N-methyl/N-ethyl adjacent to an activating group) is 1. The van der Waals surface area contributed by atoms with Gasteiger partial charge < -0.3 is 10.6 Å². The molecule has 2 N–H and O–H groups in total. The van der Waals surface area contributed by atoms with Gasteiger partial charge in [-0.15, -0.1) is 0 Å². The van der Waals surface area contributed by atoms with Crippen molar-refractivity contribution in [1.82, 2.24) is 4.90 Å². The molecule has 21 heavy (non-hydrogen) atoms. The number of halogens is 3. The van der Waals surface area contributed by atoms with Crippen molar-refractivity contribution in [1.29, 1.82) is 0 Å². The van der Waals surface area contributed by atoms with Crippen LogP contribution in [0.1, 0.15) is 25.0 Å². The summed E-state index contributed by atoms with van der Waals surface area (Å²) in [4.78, 5) is 13.6. The Bertz CT molecular complexity index is 498. The highest BCUT2D eigenvalue weighted by atomic mass is 19.4. The summed E-state index contributed by atoms with van der Waals surface area (Å²) >= 11 is 0. The average molecular weight is 302 g/mol. The quantitative estimate of drug-likeness (QED) is 0.909. The molecule has 0 aliphatic carbocycles. The summed E-state index contributed by atoms with van der Waals surface area (Å²) in [5, 5.41) is 0. The Morgan fingerprint density at radius 1 is 1.29 bits per heavy atom. The minimum atomic E-state index is -4.40. The lowest BCUT2D eigenvalue weighted by Crippen LogP contribution is -2.40. The van der Waals surface area contributed by atoms with Crippen LogP contribution in [0.15, 0.2) is 24.3 Å². The molecule has 0 radical (unpaired) electrons. The van der Waals surface area contributed by atoms with Crippen molar-refractivity contribution in [3.05, 3.63) is 35.4 Å². The van der Waals surface area contributed by atoms with Gasteiger partial charge in [-0.25, -0.2) is 0 Å². The highest BCUT2D eigenvalue weighted by molar-refractivity contribution is 5.78. The molecule has 0 aromatic heterocycles. The molecule has 0 unspecified atom stereocenters. The largest absolute Gasteiger partial charge is 0.416 e. The lowest BCUT2D eigenvalue weighted by Gasteiger charge is -2.29. The van der Waals surface area contributed by atoms with Gasteiger partial charge in [0.05, 0.1) is 12.0 Å². The van der Waals surface area contributed by atoms with Crippen LogP contribution in [0.25, 0.3) is 0 Å². The van der Waals surface area contributed by atoms with Crippen LogP contribution in [0.2, 0.25) is 0 Å². The Hall–Kier alpha value is -1.56. The number of nitrogens with two attached hydrogens (primary N) is 1. The third-order valence-electron chi connectivity index (χ3n) is 3.25. The number of hydrogen-bond donors (Lipinski definition) is 1. The van der Waals surface area contributed by atoms with Crippen molar-refractivity contribution in [3.63, 3.8) is 0 Å². The van der Waals surface area contributed by atoms with Crippen LogP contribution in [0, 0.1) is 5.41 Å². The molecule has 1 aromatic carbocycles. The molecule has 0 heterocycles. The molecule has 0 saturated carbocycles. The molecule has 0 aliphatic heterocycles. The van der Waals surface area contributed by atoms with Crippen molar-refractivity contribution >= 4 is 5.91 Å². The van der Waals surface area contributed by atoms with E-state index in [1.165, 1.54) is 17.0 Å². The third kappa shape index (κ3) is 5.38. The van der Waals surface area contributed by atoms with Crippen molar-refractivity contribution in [2.45, 2.75) is 26.4 Å². The van der Waals surface area contributed by atoms with Crippen molar-refractivity contribution in [3.8, 4) is 0 Å². The van der Waals surface area contributed by atoms with Gasteiger partial charge in [0, 0.05) is 13.6 Å². The molecule has 0 atom stereocenters. The van der Waals surface area contributed by atoms with Crippen LogP contribution >= 0.6 is 0 Å². The summed E-state index contributed by atoms with van der Waals surface area (Å²) in [7, 11) is 1.63. The van der Waals surface area contributed by atoms with E-state index in [0.29, 0.717) is 18.7 Å². The van der Waals surface area contributed by atoms with E-state index < -0.39 is 11.7 Å². The summed E-state index contributed by atoms with van der Waals surface area (Å²) in [6.07, 6.45) is -4.45. The molecule has 1 aromatic rings. The monoisotopic (exact) mass is 302 g/mol. The summed E-state index contributed by atoms with van der Waals surface area (Å²) in [5.74, 6) is -0.226. The zero-order valence-electron chi connectivity index (χ0n) is 12.5. The van der Waals surface area contributed by atoms with Crippen molar-refractivity contribution < 1.29 is 18.0 Å². The van der Waals surface area contributed by atoms with Gasteiger partial charge in [-0.2, -0.15) is 13.2 Å². The van der Waals surface area contributed by atoms with E-state index in [2.05, 4.69) is 0 Å². The SMILES string of the molecule is CN(CC(C)(C)CN)C(=O)Cc1cccc(C(F)(F)F)c1. The fraction of sp³-hybridized carbons (Fsp3) is 0.533. The van der Waals surface area contributed by atoms with Gasteiger partial charge in [0.1, 0.15) is 0 Å². The number of benzene rings is 1. The van der Waals surface area contributed by atoms with Gasteiger partial charge in [0.25, 0.3) is 0 Å². The topological polar surface area (TPSA) is 46.3 Å². The minimum Gasteiger partial charge on any atom is -0.345 e. The molecule has 0 spiro atoms. The maximum Gasteiger partial charge on any atom is 0.416 e. The summed E-state index contributed by atoms with van der Waals surface area (Å²) in [6, 6.07) is 4.85. The van der Waals surface area contributed by atoms with E-state index >= 15 is 0 Å². The molecule has 1 amide bonds. The number of carbonyl (C=O) groups excluding carboxylic acids is 1. The van der Waals surface area contributed by atoms with Crippen LogP contribution < -0.4 is 5.73 Å². The van der Waals surface area contributed by atoms with Crippen LogP contribution in [-0.4, -0.2) is 30.9 Å². The summed E-state index contributed by atoms with van der Waals surface area (Å²) in [5.41, 5.74) is 5.00. The lowest BCUT2D eigenvalue weighted by atomic mass is 9.93. The van der Waals surface area contributed by atoms with Crippen LogP contribution in [0.5, 0.6) is 0 Å². The molecule has 6 heteroatoms. The Morgan fingerprint density at radius 2 is 1.90 bits per heavy atom. The highest BCUT2D eigenvalue weighted by Crippen LogP contribution is 2.29. The number of amides is 1. The molecule has 0 bridgehead atoms. The van der Waals surface area contributed by atoms with Crippen LogP contribution in [-0.2, 0) is 17.4 Å². The number of hydrogen-bond acceptors (Lipinski definition) is 2. The van der Waals surface area contributed by atoms with E-state index in [1.807, 2.05) is 13.8 Å². The van der Waals surface area contributed by atoms with Crippen LogP contribution in [0.3, 0.4) is 0 Å². The molecular weight excluding hydrogens is 281 g/mol. The van der Waals surface area contributed by atoms with E-state index in [-0.39, 0.29) is 17.7 Å². The van der Waals surface area contributed by atoms with Gasteiger partial charge in [-0.3, -0.25) is 4.79 Å². The zero-order chi connectivity index (χ0) is 16.3. The third-order valence-corrected chi connectivity index (χ3v) is 3.25. The number of nitrogens with zero attached hydrogens (tertiary/aromatic N) is 1. The van der Waals surface area contributed by atoms with Crippen LogP contribution in [0.4, 0.5) is 13.2 Å². The first kappa shape index (κ1) is 17.5. The second-order valence-electron chi connectivity index (χ2n) is 5.99. The van der Waals surface area contributed by atoms with Gasteiger partial charge >= 0.3 is 6.18 Å². The number of alkyl halides is 3. The van der Waals surface area contributed by atoms with E-state index in [0.717, 1.165) is 12.1 Å². The predicted molar refractivity (Wildman–Crippen MR) is 75.6 cm³/mol. The van der Waals surface area contributed by atoms with Gasteiger partial charge in [-0.1, -0.05) is 32.0 Å². The fourth-order valence-corrected chi connectivity index (χ4v) is 1.96. The van der Waals surface area contributed by atoms with E-state index in [4.69, 9.17) is 5.73 Å². The first-order valence-electron chi connectivity index (χ1n) is 6.65. The Labute approximate surface area is 122 Å². The highest BCUT2D eigenvalue weighted by Gasteiger charge is 2.30. The van der Waals surface area contributed by atoms with Gasteiger partial charge in [-0.05, 0) is 23.6 Å². The maximum atomic E-state index is 12.6. The molecule has 0 fully saturated rings.